The SMILES string of the molecule is CCOc1ccc(Cl)cc1NC1CCN(C(C)=O)CC1. The van der Waals surface area contributed by atoms with Gasteiger partial charge in [0, 0.05) is 31.1 Å². The van der Waals surface area contributed by atoms with Gasteiger partial charge in [-0.3, -0.25) is 4.79 Å². The molecule has 4 nitrogen and oxygen atoms in total. The first-order chi connectivity index (χ1) is 9.60. The van der Waals surface area contributed by atoms with Crippen molar-refractivity contribution in [3.05, 3.63) is 23.2 Å². The molecule has 1 N–H and O–H groups in total. The molecule has 1 aromatic carbocycles. The van der Waals surface area contributed by atoms with E-state index >= 15 is 0 Å². The van der Waals surface area contributed by atoms with Crippen LogP contribution < -0.4 is 10.1 Å². The lowest BCUT2D eigenvalue weighted by molar-refractivity contribution is -0.129. The normalized spacial score (nSPS) is 16.1. The highest BCUT2D eigenvalue weighted by Crippen LogP contribution is 2.30. The van der Waals surface area contributed by atoms with Crippen molar-refractivity contribution in [1.29, 1.82) is 0 Å². The Morgan fingerprint density at radius 1 is 1.45 bits per heavy atom. The lowest BCUT2D eigenvalue weighted by Crippen LogP contribution is -2.41. The molecule has 1 saturated heterocycles. The van der Waals surface area contributed by atoms with Gasteiger partial charge in [0.2, 0.25) is 5.91 Å². The summed E-state index contributed by atoms with van der Waals surface area (Å²) in [4.78, 5) is 13.2. The highest BCUT2D eigenvalue weighted by molar-refractivity contribution is 6.30. The fraction of sp³-hybridized carbons (Fsp3) is 0.533. The van der Waals surface area contributed by atoms with Crippen molar-refractivity contribution in [1.82, 2.24) is 4.90 Å². The summed E-state index contributed by atoms with van der Waals surface area (Å²) in [7, 11) is 0. The van der Waals surface area contributed by atoms with Gasteiger partial charge in [0.25, 0.3) is 0 Å². The molecule has 0 aliphatic carbocycles. The number of piperidine rings is 1. The second kappa shape index (κ2) is 6.84. The highest BCUT2D eigenvalue weighted by Gasteiger charge is 2.21. The smallest absolute Gasteiger partial charge is 0.219 e. The first kappa shape index (κ1) is 15.0. The summed E-state index contributed by atoms with van der Waals surface area (Å²) >= 11 is 6.05. The fourth-order valence-corrected chi connectivity index (χ4v) is 2.63. The van der Waals surface area contributed by atoms with Gasteiger partial charge in [-0.15, -0.1) is 0 Å². The van der Waals surface area contributed by atoms with Crippen molar-refractivity contribution in [2.45, 2.75) is 32.7 Å². The van der Waals surface area contributed by atoms with Crippen LogP contribution in [0.25, 0.3) is 0 Å². The van der Waals surface area contributed by atoms with Crippen molar-refractivity contribution in [2.75, 3.05) is 25.0 Å². The molecular weight excluding hydrogens is 276 g/mol. The number of anilines is 1. The maximum atomic E-state index is 11.3. The zero-order valence-corrected chi connectivity index (χ0v) is 12.7. The monoisotopic (exact) mass is 296 g/mol. The van der Waals surface area contributed by atoms with Crippen LogP contribution in [0.15, 0.2) is 18.2 Å². The topological polar surface area (TPSA) is 41.6 Å². The third-order valence-electron chi connectivity index (χ3n) is 3.54. The van der Waals surface area contributed by atoms with Gasteiger partial charge in [-0.1, -0.05) is 11.6 Å². The highest BCUT2D eigenvalue weighted by atomic mass is 35.5. The summed E-state index contributed by atoms with van der Waals surface area (Å²) in [5.41, 5.74) is 0.931. The van der Waals surface area contributed by atoms with Gasteiger partial charge in [-0.05, 0) is 38.0 Å². The fourth-order valence-electron chi connectivity index (χ4n) is 2.46. The van der Waals surface area contributed by atoms with E-state index in [1.54, 1.807) is 6.92 Å². The third-order valence-corrected chi connectivity index (χ3v) is 3.78. The summed E-state index contributed by atoms with van der Waals surface area (Å²) in [5.74, 6) is 0.979. The molecule has 0 atom stereocenters. The van der Waals surface area contributed by atoms with E-state index in [4.69, 9.17) is 16.3 Å². The van der Waals surface area contributed by atoms with Crippen LogP contribution in [0.4, 0.5) is 5.69 Å². The van der Waals surface area contributed by atoms with E-state index in [0.717, 1.165) is 37.4 Å². The van der Waals surface area contributed by atoms with Crippen molar-refractivity contribution in [2.24, 2.45) is 0 Å². The molecule has 1 heterocycles. The van der Waals surface area contributed by atoms with Crippen molar-refractivity contribution < 1.29 is 9.53 Å². The van der Waals surface area contributed by atoms with E-state index in [0.29, 0.717) is 17.7 Å². The molecule has 1 aliphatic heterocycles. The van der Waals surface area contributed by atoms with Crippen LogP contribution in [-0.4, -0.2) is 36.5 Å². The summed E-state index contributed by atoms with van der Waals surface area (Å²) < 4.78 is 5.61. The Hall–Kier alpha value is -1.42. The number of hydrogen-bond acceptors (Lipinski definition) is 3. The average Bonchev–Trinajstić information content (AvgIpc) is 2.42. The third kappa shape index (κ3) is 3.79. The predicted molar refractivity (Wildman–Crippen MR) is 81.5 cm³/mol. The average molecular weight is 297 g/mol. The number of ether oxygens (including phenoxy) is 1. The molecule has 110 valence electrons. The van der Waals surface area contributed by atoms with Crippen molar-refractivity contribution in [3.8, 4) is 5.75 Å². The second-order valence-electron chi connectivity index (χ2n) is 5.00. The van der Waals surface area contributed by atoms with Crippen LogP contribution in [0.5, 0.6) is 5.75 Å². The number of amides is 1. The molecule has 20 heavy (non-hydrogen) atoms. The Bertz CT molecular complexity index is 471. The number of likely N-dealkylation sites (tertiary alicyclic amines) is 1. The second-order valence-corrected chi connectivity index (χ2v) is 5.43. The molecule has 1 aromatic rings. The Morgan fingerprint density at radius 3 is 2.75 bits per heavy atom. The first-order valence-corrected chi connectivity index (χ1v) is 7.42. The number of nitrogens with zero attached hydrogens (tertiary/aromatic N) is 1. The largest absolute Gasteiger partial charge is 0.492 e. The molecule has 0 saturated carbocycles. The molecule has 5 heteroatoms. The van der Waals surface area contributed by atoms with Gasteiger partial charge < -0.3 is 15.0 Å². The lowest BCUT2D eigenvalue weighted by atomic mass is 10.0. The van der Waals surface area contributed by atoms with Gasteiger partial charge in [0.15, 0.2) is 0 Å². The summed E-state index contributed by atoms with van der Waals surface area (Å²) in [5, 5.41) is 4.18. The number of nitrogens with one attached hydrogen (secondary N) is 1. The van der Waals surface area contributed by atoms with Gasteiger partial charge >= 0.3 is 0 Å². The Morgan fingerprint density at radius 2 is 2.15 bits per heavy atom. The van der Waals surface area contributed by atoms with Crippen LogP contribution in [-0.2, 0) is 4.79 Å². The van der Waals surface area contributed by atoms with E-state index in [2.05, 4.69) is 5.32 Å². The number of carbonyl (C=O) groups excluding carboxylic acids is 1. The predicted octanol–water partition coefficient (Wildman–Crippen LogP) is 3.16. The molecule has 1 fully saturated rings. The minimum atomic E-state index is 0.154. The number of carbonyl (C=O) groups is 1. The molecule has 1 amide bonds. The van der Waals surface area contributed by atoms with Crippen LogP contribution in [0.3, 0.4) is 0 Å². The van der Waals surface area contributed by atoms with E-state index in [9.17, 15) is 4.79 Å². The van der Waals surface area contributed by atoms with Gasteiger partial charge in [0.05, 0.1) is 12.3 Å². The molecule has 0 bridgehead atoms. The molecule has 1 aliphatic rings. The van der Waals surface area contributed by atoms with E-state index in [1.807, 2.05) is 30.0 Å². The number of hydrogen-bond donors (Lipinski definition) is 1. The van der Waals surface area contributed by atoms with Gasteiger partial charge in [-0.25, -0.2) is 0 Å². The summed E-state index contributed by atoms with van der Waals surface area (Å²) in [6, 6.07) is 5.96. The van der Waals surface area contributed by atoms with Crippen LogP contribution in [0.1, 0.15) is 26.7 Å². The quantitative estimate of drug-likeness (QED) is 0.928. The summed E-state index contributed by atoms with van der Waals surface area (Å²) in [6.45, 7) is 5.82. The van der Waals surface area contributed by atoms with E-state index in [1.165, 1.54) is 0 Å². The maximum absolute atomic E-state index is 11.3. The van der Waals surface area contributed by atoms with Crippen molar-refractivity contribution >= 4 is 23.2 Å². The number of benzene rings is 1. The number of rotatable bonds is 4. The van der Waals surface area contributed by atoms with Crippen LogP contribution >= 0.6 is 11.6 Å². The van der Waals surface area contributed by atoms with Crippen LogP contribution in [0, 0.1) is 0 Å². The minimum Gasteiger partial charge on any atom is -0.492 e. The molecule has 0 radical (unpaired) electrons. The molecule has 0 unspecified atom stereocenters. The number of halogens is 1. The molecule has 0 spiro atoms. The summed E-state index contributed by atoms with van der Waals surface area (Å²) in [6.07, 6.45) is 1.88. The standard InChI is InChI=1S/C15H21ClN2O2/c1-3-20-15-5-4-12(16)10-14(15)17-13-6-8-18(9-7-13)11(2)19/h4-5,10,13,17H,3,6-9H2,1-2H3. The molecule has 2 rings (SSSR count). The molecular formula is C15H21ClN2O2. The maximum Gasteiger partial charge on any atom is 0.219 e. The van der Waals surface area contributed by atoms with E-state index in [-0.39, 0.29) is 5.91 Å². The lowest BCUT2D eigenvalue weighted by Gasteiger charge is -2.32. The Kier molecular flexibility index (Phi) is 5.12. The zero-order chi connectivity index (χ0) is 14.5. The van der Waals surface area contributed by atoms with E-state index < -0.39 is 0 Å². The first-order valence-electron chi connectivity index (χ1n) is 7.04. The Balaban J connectivity index is 2.00. The van der Waals surface area contributed by atoms with Gasteiger partial charge in [-0.2, -0.15) is 0 Å². The molecule has 0 aromatic heterocycles. The zero-order valence-electron chi connectivity index (χ0n) is 12.0. The minimum absolute atomic E-state index is 0.154. The van der Waals surface area contributed by atoms with Crippen LogP contribution in [0.2, 0.25) is 5.02 Å². The van der Waals surface area contributed by atoms with Crippen molar-refractivity contribution in [3.63, 3.8) is 0 Å². The Labute approximate surface area is 125 Å². The van der Waals surface area contributed by atoms with Gasteiger partial charge in [0.1, 0.15) is 5.75 Å².